The van der Waals surface area contributed by atoms with Crippen molar-refractivity contribution in [3.63, 3.8) is 0 Å². The second-order valence-electron chi connectivity index (χ2n) is 6.26. The predicted molar refractivity (Wildman–Crippen MR) is 110 cm³/mol. The smallest absolute Gasteiger partial charge is 0.157 e. The quantitative estimate of drug-likeness (QED) is 0.418. The number of hydrogen-bond acceptors (Lipinski definition) is 2. The molecule has 0 amide bonds. The summed E-state index contributed by atoms with van der Waals surface area (Å²) >= 11 is 12.6. The lowest BCUT2D eigenvalue weighted by Gasteiger charge is -2.11. The first-order valence-electron chi connectivity index (χ1n) is 8.40. The van der Waals surface area contributed by atoms with Crippen LogP contribution in [0.25, 0.3) is 0 Å². The van der Waals surface area contributed by atoms with Crippen molar-refractivity contribution < 1.29 is 9.13 Å². The topological polar surface area (TPSA) is 21.6 Å². The zero-order valence-corrected chi connectivity index (χ0v) is 16.5. The van der Waals surface area contributed by atoms with Gasteiger partial charge in [0.2, 0.25) is 0 Å². The molecule has 0 fully saturated rings. The molecular weight excluding hydrogens is 384 g/mol. The largest absolute Gasteiger partial charge is 0.486 e. The van der Waals surface area contributed by atoms with Gasteiger partial charge >= 0.3 is 0 Å². The van der Waals surface area contributed by atoms with E-state index in [0.717, 1.165) is 11.3 Å². The molecule has 0 saturated carbocycles. The molecule has 0 bridgehead atoms. The highest BCUT2D eigenvalue weighted by molar-refractivity contribution is 6.37. The number of rotatable bonds is 5. The Kier molecular flexibility index (Phi) is 6.15. The van der Waals surface area contributed by atoms with Crippen LogP contribution in [0.5, 0.6) is 5.75 Å². The fourth-order valence-corrected chi connectivity index (χ4v) is 3.14. The van der Waals surface area contributed by atoms with Crippen molar-refractivity contribution in [3.05, 3.63) is 92.7 Å². The highest BCUT2D eigenvalue weighted by Gasteiger charge is 2.10. The molecule has 3 aromatic rings. The van der Waals surface area contributed by atoms with Crippen LogP contribution in [0.3, 0.4) is 0 Å². The van der Waals surface area contributed by atoms with E-state index in [2.05, 4.69) is 11.9 Å². The summed E-state index contributed by atoms with van der Waals surface area (Å²) in [6.45, 7) is 4.28. The van der Waals surface area contributed by atoms with Gasteiger partial charge in [-0.2, -0.15) is 0 Å². The summed E-state index contributed by atoms with van der Waals surface area (Å²) in [7, 11) is 0. The van der Waals surface area contributed by atoms with E-state index in [1.807, 2.05) is 25.1 Å². The first-order chi connectivity index (χ1) is 12.9. The van der Waals surface area contributed by atoms with E-state index in [1.54, 1.807) is 30.5 Å². The van der Waals surface area contributed by atoms with E-state index in [0.29, 0.717) is 21.4 Å². The van der Waals surface area contributed by atoms with Crippen LogP contribution in [0.1, 0.15) is 22.3 Å². The molecule has 27 heavy (non-hydrogen) atoms. The molecule has 3 aromatic carbocycles. The molecule has 0 radical (unpaired) electrons. The third-order valence-corrected chi connectivity index (χ3v) is 4.71. The lowest BCUT2D eigenvalue weighted by atomic mass is 10.1. The third-order valence-electron chi connectivity index (χ3n) is 4.15. The van der Waals surface area contributed by atoms with Gasteiger partial charge < -0.3 is 4.74 Å². The zero-order chi connectivity index (χ0) is 19.4. The van der Waals surface area contributed by atoms with E-state index in [1.165, 1.54) is 23.3 Å². The molecule has 0 heterocycles. The average molecular weight is 402 g/mol. The summed E-state index contributed by atoms with van der Waals surface area (Å²) in [5.74, 6) is 0.0529. The highest BCUT2D eigenvalue weighted by atomic mass is 35.5. The second kappa shape index (κ2) is 8.55. The SMILES string of the molecule is Cc1ccc(N=Cc2cc(Cl)c(OCc3cccc(F)c3)c(Cl)c2)cc1C. The Labute approximate surface area is 168 Å². The Bertz CT molecular complexity index is 978. The molecule has 0 N–H and O–H groups in total. The maximum absolute atomic E-state index is 13.3. The van der Waals surface area contributed by atoms with Crippen molar-refractivity contribution in [3.8, 4) is 5.75 Å². The van der Waals surface area contributed by atoms with Crippen molar-refractivity contribution >= 4 is 35.1 Å². The summed E-state index contributed by atoms with van der Waals surface area (Å²) in [5.41, 5.74) is 4.72. The second-order valence-corrected chi connectivity index (χ2v) is 7.07. The van der Waals surface area contributed by atoms with Crippen LogP contribution < -0.4 is 4.74 Å². The number of nitrogens with zero attached hydrogens (tertiary/aromatic N) is 1. The number of ether oxygens (including phenoxy) is 1. The van der Waals surface area contributed by atoms with Crippen LogP contribution in [0, 0.1) is 19.7 Å². The molecule has 0 saturated heterocycles. The Morgan fingerprint density at radius 1 is 0.963 bits per heavy atom. The molecular formula is C22H18Cl2FNO. The van der Waals surface area contributed by atoms with Crippen molar-refractivity contribution in [2.75, 3.05) is 0 Å². The zero-order valence-electron chi connectivity index (χ0n) is 15.0. The minimum Gasteiger partial charge on any atom is -0.486 e. The fraction of sp³-hybridized carbons (Fsp3) is 0.136. The number of hydrogen-bond donors (Lipinski definition) is 0. The van der Waals surface area contributed by atoms with E-state index in [4.69, 9.17) is 27.9 Å². The van der Waals surface area contributed by atoms with Gasteiger partial charge in [0.05, 0.1) is 15.7 Å². The number of aryl methyl sites for hydroxylation is 2. The number of benzene rings is 3. The van der Waals surface area contributed by atoms with E-state index < -0.39 is 0 Å². The van der Waals surface area contributed by atoms with Crippen LogP contribution in [-0.4, -0.2) is 6.21 Å². The molecule has 0 spiro atoms. The summed E-state index contributed by atoms with van der Waals surface area (Å²) in [6, 6.07) is 15.7. The highest BCUT2D eigenvalue weighted by Crippen LogP contribution is 2.34. The van der Waals surface area contributed by atoms with Gasteiger partial charge in [-0.05, 0) is 72.5 Å². The number of halogens is 3. The normalized spacial score (nSPS) is 11.1. The number of aliphatic imine (C=N–C) groups is 1. The van der Waals surface area contributed by atoms with E-state index in [-0.39, 0.29) is 12.4 Å². The van der Waals surface area contributed by atoms with Crippen LogP contribution in [0.2, 0.25) is 10.0 Å². The first kappa shape index (κ1) is 19.4. The minimum absolute atomic E-state index is 0.174. The van der Waals surface area contributed by atoms with Gasteiger partial charge in [0.15, 0.2) is 5.75 Å². The lowest BCUT2D eigenvalue weighted by Crippen LogP contribution is -1.98. The summed E-state index contributed by atoms with van der Waals surface area (Å²) in [4.78, 5) is 4.47. The first-order valence-corrected chi connectivity index (χ1v) is 9.15. The summed E-state index contributed by atoms with van der Waals surface area (Å²) < 4.78 is 18.9. The Balaban J connectivity index is 1.75. The maximum Gasteiger partial charge on any atom is 0.157 e. The molecule has 0 atom stereocenters. The van der Waals surface area contributed by atoms with Crippen LogP contribution >= 0.6 is 23.2 Å². The molecule has 0 aliphatic rings. The fourth-order valence-electron chi connectivity index (χ4n) is 2.53. The van der Waals surface area contributed by atoms with E-state index >= 15 is 0 Å². The van der Waals surface area contributed by atoms with Crippen molar-refractivity contribution in [1.29, 1.82) is 0 Å². The minimum atomic E-state index is -0.314. The van der Waals surface area contributed by atoms with Crippen LogP contribution in [0.4, 0.5) is 10.1 Å². The molecule has 0 aromatic heterocycles. The van der Waals surface area contributed by atoms with Crippen molar-refractivity contribution in [1.82, 2.24) is 0 Å². The molecule has 0 aliphatic heterocycles. The lowest BCUT2D eigenvalue weighted by molar-refractivity contribution is 0.306. The van der Waals surface area contributed by atoms with Crippen molar-refractivity contribution in [2.24, 2.45) is 4.99 Å². The molecule has 3 rings (SSSR count). The summed E-state index contributed by atoms with van der Waals surface area (Å²) in [6.07, 6.45) is 1.71. The van der Waals surface area contributed by atoms with Gasteiger partial charge in [-0.1, -0.05) is 41.4 Å². The third kappa shape index (κ3) is 5.09. The molecule has 5 heteroatoms. The monoisotopic (exact) mass is 401 g/mol. The summed E-state index contributed by atoms with van der Waals surface area (Å²) in [5, 5.41) is 0.751. The van der Waals surface area contributed by atoms with Crippen LogP contribution in [0.15, 0.2) is 59.6 Å². The van der Waals surface area contributed by atoms with Gasteiger partial charge in [-0.15, -0.1) is 0 Å². The standard InChI is InChI=1S/C22H18Cl2FNO/c1-14-6-7-19(8-15(14)2)26-12-17-10-20(23)22(21(24)11-17)27-13-16-4-3-5-18(25)9-16/h3-12H,13H2,1-2H3. The predicted octanol–water partition coefficient (Wildman–Crippen LogP) is 7.08. The van der Waals surface area contributed by atoms with Gasteiger partial charge in [0.25, 0.3) is 0 Å². The Morgan fingerprint density at radius 3 is 2.37 bits per heavy atom. The molecule has 0 unspecified atom stereocenters. The van der Waals surface area contributed by atoms with Gasteiger partial charge in [-0.3, -0.25) is 4.99 Å². The molecule has 138 valence electrons. The van der Waals surface area contributed by atoms with Gasteiger partial charge in [0, 0.05) is 6.21 Å². The maximum atomic E-state index is 13.3. The van der Waals surface area contributed by atoms with Crippen molar-refractivity contribution in [2.45, 2.75) is 20.5 Å². The van der Waals surface area contributed by atoms with E-state index in [9.17, 15) is 4.39 Å². The Morgan fingerprint density at radius 2 is 1.70 bits per heavy atom. The molecule has 2 nitrogen and oxygen atoms in total. The molecule has 0 aliphatic carbocycles. The van der Waals surface area contributed by atoms with Crippen LogP contribution in [-0.2, 0) is 6.61 Å². The average Bonchev–Trinajstić information content (AvgIpc) is 2.62. The van der Waals surface area contributed by atoms with Gasteiger partial charge in [-0.25, -0.2) is 4.39 Å². The van der Waals surface area contributed by atoms with Gasteiger partial charge in [0.1, 0.15) is 12.4 Å². The Hall–Kier alpha value is -2.36.